The molecule has 0 aliphatic heterocycles. The molecule has 19 heavy (non-hydrogen) atoms. The van der Waals surface area contributed by atoms with Gasteiger partial charge in [0.1, 0.15) is 12.5 Å². The van der Waals surface area contributed by atoms with Crippen molar-refractivity contribution < 1.29 is 10.2 Å². The summed E-state index contributed by atoms with van der Waals surface area (Å²) in [6, 6.07) is 0.312. The molecule has 0 rings (SSSR count). The lowest BCUT2D eigenvalue weighted by Crippen LogP contribution is -2.51. The molecule has 2 atom stereocenters. The highest BCUT2D eigenvalue weighted by atomic mass is 16.4. The summed E-state index contributed by atoms with van der Waals surface area (Å²) in [5, 5.41) is 24.2. The van der Waals surface area contributed by atoms with Gasteiger partial charge in [-0.2, -0.15) is 0 Å². The Morgan fingerprint density at radius 3 is 0.947 bits per heavy atom. The molecule has 2 unspecified atom stereocenters. The van der Waals surface area contributed by atoms with Gasteiger partial charge in [0.25, 0.3) is 0 Å². The second kappa shape index (κ2) is 23.0. The Bertz CT molecular complexity index is 117. The second-order valence-corrected chi connectivity index (χ2v) is 4.24. The molecular weight excluding hydrogens is 240 g/mol. The summed E-state index contributed by atoms with van der Waals surface area (Å²) in [5.74, 6) is 0. The molecule has 0 radical (unpaired) electrons. The zero-order valence-electron chi connectivity index (χ0n) is 14.9. The van der Waals surface area contributed by atoms with E-state index in [0.29, 0.717) is 0 Å². The molecule has 0 amide bonds. The van der Waals surface area contributed by atoms with Crippen LogP contribution in [-0.2, 0) is 0 Å². The van der Waals surface area contributed by atoms with Crippen molar-refractivity contribution in [2.75, 3.05) is 0 Å². The van der Waals surface area contributed by atoms with E-state index in [4.69, 9.17) is 0 Å². The van der Waals surface area contributed by atoms with Crippen LogP contribution in [0.1, 0.15) is 75.7 Å². The van der Waals surface area contributed by atoms with Crippen LogP contribution < -0.4 is 10.6 Å². The van der Waals surface area contributed by atoms with Crippen LogP contribution in [-0.4, -0.2) is 34.8 Å². The van der Waals surface area contributed by atoms with Crippen molar-refractivity contribution in [3.8, 4) is 0 Å². The molecule has 0 aromatic rings. The quantitative estimate of drug-likeness (QED) is 0.584. The Morgan fingerprint density at radius 2 is 0.842 bits per heavy atom. The second-order valence-electron chi connectivity index (χ2n) is 4.24. The fraction of sp³-hybridized carbons (Fsp3) is 1.00. The largest absolute Gasteiger partial charge is 0.374 e. The lowest BCUT2D eigenvalue weighted by Gasteiger charge is -2.23. The summed E-state index contributed by atoms with van der Waals surface area (Å²) in [6.45, 7) is 19.9. The maximum atomic E-state index is 9.31. The number of aliphatic hydroxyl groups excluding tert-OH is 2. The van der Waals surface area contributed by atoms with Crippen molar-refractivity contribution in [1.29, 1.82) is 0 Å². The Balaban J connectivity index is -0.000000136. The molecule has 0 aliphatic rings. The number of aliphatic hydroxyl groups is 2. The van der Waals surface area contributed by atoms with Gasteiger partial charge in [-0.1, -0.05) is 48.0 Å². The fourth-order valence-corrected chi connectivity index (χ4v) is 0.865. The minimum Gasteiger partial charge on any atom is -0.374 e. The Hall–Kier alpha value is -0.160. The van der Waals surface area contributed by atoms with E-state index in [-0.39, 0.29) is 12.1 Å². The maximum Gasteiger partial charge on any atom is 0.144 e. The molecule has 0 spiro atoms. The van der Waals surface area contributed by atoms with Crippen LogP contribution in [0.15, 0.2) is 0 Å². The lowest BCUT2D eigenvalue weighted by molar-refractivity contribution is -0.0292. The first-order valence-electron chi connectivity index (χ1n) is 7.73. The van der Waals surface area contributed by atoms with Gasteiger partial charge in [0.2, 0.25) is 0 Å². The van der Waals surface area contributed by atoms with Gasteiger partial charge in [0, 0.05) is 12.1 Å². The molecular formula is C15H40N2O2. The molecule has 0 saturated heterocycles. The normalized spacial score (nSPS) is 12.3. The summed E-state index contributed by atoms with van der Waals surface area (Å²) < 4.78 is 0. The van der Waals surface area contributed by atoms with E-state index >= 15 is 0 Å². The van der Waals surface area contributed by atoms with Crippen LogP contribution >= 0.6 is 0 Å². The van der Waals surface area contributed by atoms with Gasteiger partial charge in [-0.25, -0.2) is 0 Å². The highest BCUT2D eigenvalue weighted by molar-refractivity contribution is 4.67. The van der Waals surface area contributed by atoms with Crippen molar-refractivity contribution >= 4 is 0 Å². The first-order valence-corrected chi connectivity index (χ1v) is 7.73. The van der Waals surface area contributed by atoms with Gasteiger partial charge in [-0.15, -0.1) is 0 Å². The van der Waals surface area contributed by atoms with Crippen molar-refractivity contribution in [2.45, 2.75) is 100 Å². The van der Waals surface area contributed by atoms with E-state index in [1.54, 1.807) is 0 Å². The fourth-order valence-electron chi connectivity index (χ4n) is 0.865. The van der Waals surface area contributed by atoms with Crippen molar-refractivity contribution in [1.82, 2.24) is 10.6 Å². The van der Waals surface area contributed by atoms with Gasteiger partial charge in [-0.3, -0.25) is 10.6 Å². The van der Waals surface area contributed by atoms with Crippen LogP contribution in [0.3, 0.4) is 0 Å². The van der Waals surface area contributed by atoms with Crippen LogP contribution in [0.25, 0.3) is 0 Å². The molecule has 0 fully saturated rings. The topological polar surface area (TPSA) is 64.5 Å². The molecule has 4 N–H and O–H groups in total. The highest BCUT2D eigenvalue weighted by Gasteiger charge is 2.16. The van der Waals surface area contributed by atoms with Crippen molar-refractivity contribution in [2.24, 2.45) is 0 Å². The summed E-state index contributed by atoms with van der Waals surface area (Å²) in [6.07, 6.45) is -0.570. The third kappa shape index (κ3) is 31.9. The van der Waals surface area contributed by atoms with Gasteiger partial charge >= 0.3 is 0 Å². The lowest BCUT2D eigenvalue weighted by atomic mass is 10.3. The zero-order valence-corrected chi connectivity index (χ0v) is 14.9. The number of hydrogen-bond donors (Lipinski definition) is 4. The Morgan fingerprint density at radius 1 is 0.684 bits per heavy atom. The van der Waals surface area contributed by atoms with E-state index in [1.165, 1.54) is 6.42 Å². The maximum absolute atomic E-state index is 9.31. The van der Waals surface area contributed by atoms with Gasteiger partial charge in [0.15, 0.2) is 0 Å². The van der Waals surface area contributed by atoms with Gasteiger partial charge < -0.3 is 10.2 Å². The first kappa shape index (κ1) is 27.2. The smallest absolute Gasteiger partial charge is 0.144 e. The molecule has 0 aromatic carbocycles. The molecule has 4 nitrogen and oxygen atoms in total. The summed E-state index contributed by atoms with van der Waals surface area (Å²) >= 11 is 0. The predicted octanol–water partition coefficient (Wildman–Crippen LogP) is 3.09. The molecule has 0 aliphatic carbocycles. The van der Waals surface area contributed by atoms with Crippen molar-refractivity contribution in [3.63, 3.8) is 0 Å². The van der Waals surface area contributed by atoms with Gasteiger partial charge in [-0.05, 0) is 27.7 Å². The van der Waals surface area contributed by atoms with Crippen LogP contribution in [0.2, 0.25) is 0 Å². The first-order chi connectivity index (χ1) is 8.84. The highest BCUT2D eigenvalue weighted by Crippen LogP contribution is 1.90. The molecule has 0 saturated carbocycles. The van der Waals surface area contributed by atoms with Crippen LogP contribution in [0.4, 0.5) is 0 Å². The third-order valence-electron chi connectivity index (χ3n) is 1.31. The average Bonchev–Trinajstić information content (AvgIpc) is 2.33. The number of nitrogens with one attached hydrogen (secondary N) is 2. The summed E-state index contributed by atoms with van der Waals surface area (Å²) in [5.41, 5.74) is 0. The van der Waals surface area contributed by atoms with Crippen LogP contribution in [0, 0.1) is 0 Å². The minimum atomic E-state index is -0.910. The van der Waals surface area contributed by atoms with E-state index in [2.05, 4.69) is 24.5 Å². The summed E-state index contributed by atoms with van der Waals surface area (Å²) in [7, 11) is 0. The predicted molar refractivity (Wildman–Crippen MR) is 87.2 cm³/mol. The Kier molecular flexibility index (Phi) is 32.9. The number of rotatable bonds is 5. The molecule has 0 aromatic heterocycles. The third-order valence-corrected chi connectivity index (χ3v) is 1.31. The summed E-state index contributed by atoms with van der Waals surface area (Å²) in [4.78, 5) is 0. The Labute approximate surface area is 122 Å². The molecule has 122 valence electrons. The van der Waals surface area contributed by atoms with E-state index in [9.17, 15) is 10.2 Å². The molecule has 0 bridgehead atoms. The van der Waals surface area contributed by atoms with E-state index in [1.807, 2.05) is 55.4 Å². The average molecular weight is 280 g/mol. The monoisotopic (exact) mass is 280 g/mol. The van der Waals surface area contributed by atoms with Crippen LogP contribution in [0.5, 0.6) is 0 Å². The number of hydrogen-bond acceptors (Lipinski definition) is 4. The van der Waals surface area contributed by atoms with E-state index < -0.39 is 12.5 Å². The molecule has 0 heterocycles. The molecule has 4 heteroatoms. The zero-order chi connectivity index (χ0) is 16.4. The van der Waals surface area contributed by atoms with Gasteiger partial charge in [0.05, 0.1) is 0 Å². The van der Waals surface area contributed by atoms with E-state index in [0.717, 1.165) is 0 Å². The SMILES string of the molecule is CC.CC.CC(C)NC(O)C(O)NC(C)C.CCC. The standard InChI is InChI=1S/C8H20N2O2.C3H8.2C2H6/c1-5(2)9-7(11)8(12)10-6(3)4;1-3-2;2*1-2/h5-12H,1-4H3;3H2,1-2H3;2*1-2H3. The minimum absolute atomic E-state index is 0.156. The van der Waals surface area contributed by atoms with Crippen molar-refractivity contribution in [3.05, 3.63) is 0 Å².